The zero-order valence-electron chi connectivity index (χ0n) is 13.7. The molecule has 126 valence electrons. The van der Waals surface area contributed by atoms with E-state index in [0.717, 1.165) is 11.1 Å². The number of hydrogen-bond acceptors (Lipinski definition) is 3. The van der Waals surface area contributed by atoms with Gasteiger partial charge in [-0.25, -0.2) is 4.79 Å². The molecule has 2 rings (SSSR count). The van der Waals surface area contributed by atoms with E-state index in [1.807, 2.05) is 42.5 Å². The number of amides is 3. The number of anilines is 1. The first-order valence-corrected chi connectivity index (χ1v) is 7.68. The lowest BCUT2D eigenvalue weighted by atomic mass is 10.2. The summed E-state index contributed by atoms with van der Waals surface area (Å²) in [7, 11) is 1.71. The summed E-state index contributed by atoms with van der Waals surface area (Å²) in [4.78, 5) is 25.4. The molecule has 2 aromatic carbocycles. The molecule has 0 heterocycles. The summed E-state index contributed by atoms with van der Waals surface area (Å²) in [5.74, 6) is -0.151. The maximum Gasteiger partial charge on any atom is 0.315 e. The number of likely N-dealkylation sites (N-methyl/N-ethyl adjacent to an activating group) is 1. The predicted octanol–water partition coefficient (Wildman–Crippen LogP) is 1.73. The van der Waals surface area contributed by atoms with E-state index < -0.39 is 0 Å². The molecule has 6 heteroatoms. The molecule has 0 aliphatic rings. The summed E-state index contributed by atoms with van der Waals surface area (Å²) in [6.45, 7) is 0.839. The second kappa shape index (κ2) is 8.57. The van der Waals surface area contributed by atoms with Crippen LogP contribution in [0.15, 0.2) is 54.6 Å². The second-order valence-electron chi connectivity index (χ2n) is 5.51. The molecule has 0 bridgehead atoms. The normalized spacial score (nSPS) is 10.0. The van der Waals surface area contributed by atoms with Gasteiger partial charge in [0, 0.05) is 25.8 Å². The first-order chi connectivity index (χ1) is 11.5. The lowest BCUT2D eigenvalue weighted by Gasteiger charge is -2.17. The van der Waals surface area contributed by atoms with E-state index in [2.05, 4.69) is 10.6 Å². The Balaban J connectivity index is 1.70. The van der Waals surface area contributed by atoms with Crippen LogP contribution in [-0.2, 0) is 17.9 Å². The van der Waals surface area contributed by atoms with E-state index in [-0.39, 0.29) is 18.5 Å². The number of nitrogen functional groups attached to an aromatic ring is 1. The predicted molar refractivity (Wildman–Crippen MR) is 94.0 cm³/mol. The molecule has 0 spiro atoms. The standard InChI is InChI=1S/C18H22N4O2/c1-22(13-15-5-3-2-4-6-15)17(23)12-21-18(24)20-11-14-7-9-16(19)10-8-14/h2-10H,11-13,19H2,1H3,(H2,20,21,24). The third-order valence-electron chi connectivity index (χ3n) is 3.52. The number of carbonyl (C=O) groups is 2. The van der Waals surface area contributed by atoms with Crippen molar-refractivity contribution < 1.29 is 9.59 Å². The number of benzene rings is 2. The minimum absolute atomic E-state index is 0.0447. The average Bonchev–Trinajstić information content (AvgIpc) is 2.60. The number of urea groups is 1. The summed E-state index contributed by atoms with van der Waals surface area (Å²) in [6, 6.07) is 16.5. The van der Waals surface area contributed by atoms with Crippen LogP contribution in [0.3, 0.4) is 0 Å². The van der Waals surface area contributed by atoms with Crippen LogP contribution >= 0.6 is 0 Å². The van der Waals surface area contributed by atoms with Crippen LogP contribution in [0.4, 0.5) is 10.5 Å². The van der Waals surface area contributed by atoms with Gasteiger partial charge in [-0.05, 0) is 23.3 Å². The van der Waals surface area contributed by atoms with Gasteiger partial charge < -0.3 is 21.3 Å². The molecule has 0 saturated heterocycles. The Morgan fingerprint density at radius 2 is 1.62 bits per heavy atom. The topological polar surface area (TPSA) is 87.5 Å². The largest absolute Gasteiger partial charge is 0.399 e. The molecule has 0 unspecified atom stereocenters. The highest BCUT2D eigenvalue weighted by molar-refractivity contribution is 5.83. The Morgan fingerprint density at radius 3 is 2.29 bits per heavy atom. The van der Waals surface area contributed by atoms with E-state index in [4.69, 9.17) is 5.73 Å². The first-order valence-electron chi connectivity index (χ1n) is 7.68. The summed E-state index contributed by atoms with van der Waals surface area (Å²) in [5, 5.41) is 5.27. The molecular weight excluding hydrogens is 304 g/mol. The Kier molecular flexibility index (Phi) is 6.19. The fourth-order valence-electron chi connectivity index (χ4n) is 2.12. The third kappa shape index (κ3) is 5.64. The van der Waals surface area contributed by atoms with Crippen LogP contribution in [0, 0.1) is 0 Å². The Bertz CT molecular complexity index is 671. The number of carbonyl (C=O) groups excluding carboxylic acids is 2. The van der Waals surface area contributed by atoms with Gasteiger partial charge in [0.2, 0.25) is 5.91 Å². The van der Waals surface area contributed by atoms with Crippen molar-refractivity contribution in [3.8, 4) is 0 Å². The molecule has 24 heavy (non-hydrogen) atoms. The highest BCUT2D eigenvalue weighted by atomic mass is 16.2. The highest BCUT2D eigenvalue weighted by Crippen LogP contribution is 2.05. The zero-order valence-corrected chi connectivity index (χ0v) is 13.7. The summed E-state index contributed by atoms with van der Waals surface area (Å²) in [6.07, 6.45) is 0. The van der Waals surface area contributed by atoms with Gasteiger partial charge >= 0.3 is 6.03 Å². The fourth-order valence-corrected chi connectivity index (χ4v) is 2.12. The molecule has 2 aromatic rings. The number of nitrogens with one attached hydrogen (secondary N) is 2. The summed E-state index contributed by atoms with van der Waals surface area (Å²) >= 11 is 0. The van der Waals surface area contributed by atoms with Crippen LogP contribution in [0.25, 0.3) is 0 Å². The number of nitrogens with two attached hydrogens (primary N) is 1. The second-order valence-corrected chi connectivity index (χ2v) is 5.51. The van der Waals surface area contributed by atoms with Crippen LogP contribution < -0.4 is 16.4 Å². The molecule has 0 aliphatic heterocycles. The van der Waals surface area contributed by atoms with E-state index in [1.165, 1.54) is 0 Å². The van der Waals surface area contributed by atoms with Crippen molar-refractivity contribution >= 4 is 17.6 Å². The van der Waals surface area contributed by atoms with Crippen molar-refractivity contribution in [2.75, 3.05) is 19.3 Å². The van der Waals surface area contributed by atoms with Gasteiger partial charge in [-0.2, -0.15) is 0 Å². The highest BCUT2D eigenvalue weighted by Gasteiger charge is 2.10. The Hall–Kier alpha value is -3.02. The van der Waals surface area contributed by atoms with E-state index >= 15 is 0 Å². The van der Waals surface area contributed by atoms with Gasteiger partial charge in [0.15, 0.2) is 0 Å². The number of hydrogen-bond donors (Lipinski definition) is 3. The third-order valence-corrected chi connectivity index (χ3v) is 3.52. The zero-order chi connectivity index (χ0) is 17.4. The molecular formula is C18H22N4O2. The van der Waals surface area contributed by atoms with Crippen molar-refractivity contribution in [2.45, 2.75) is 13.1 Å². The van der Waals surface area contributed by atoms with Crippen molar-refractivity contribution in [3.63, 3.8) is 0 Å². The molecule has 0 atom stereocenters. The fraction of sp³-hybridized carbons (Fsp3) is 0.222. The Morgan fingerprint density at radius 1 is 0.958 bits per heavy atom. The maximum absolute atomic E-state index is 12.0. The molecule has 0 aromatic heterocycles. The molecule has 0 aliphatic carbocycles. The van der Waals surface area contributed by atoms with Gasteiger partial charge in [-0.1, -0.05) is 42.5 Å². The average molecular weight is 326 g/mol. The van der Waals surface area contributed by atoms with Crippen LogP contribution in [0.2, 0.25) is 0 Å². The SMILES string of the molecule is CN(Cc1ccccc1)C(=O)CNC(=O)NCc1ccc(N)cc1. The van der Waals surface area contributed by atoms with Crippen LogP contribution in [0.1, 0.15) is 11.1 Å². The molecule has 0 fully saturated rings. The van der Waals surface area contributed by atoms with Crippen molar-refractivity contribution in [1.29, 1.82) is 0 Å². The molecule has 6 nitrogen and oxygen atoms in total. The van der Waals surface area contributed by atoms with Crippen LogP contribution in [-0.4, -0.2) is 30.4 Å². The lowest BCUT2D eigenvalue weighted by molar-refractivity contribution is -0.129. The number of rotatable bonds is 6. The molecule has 3 amide bonds. The van der Waals surface area contributed by atoms with Gasteiger partial charge in [0.05, 0.1) is 6.54 Å². The van der Waals surface area contributed by atoms with Gasteiger partial charge in [0.1, 0.15) is 0 Å². The van der Waals surface area contributed by atoms with Crippen molar-refractivity contribution in [3.05, 3.63) is 65.7 Å². The van der Waals surface area contributed by atoms with E-state index in [0.29, 0.717) is 18.8 Å². The van der Waals surface area contributed by atoms with Gasteiger partial charge in [-0.15, -0.1) is 0 Å². The van der Waals surface area contributed by atoms with Gasteiger partial charge in [-0.3, -0.25) is 4.79 Å². The molecule has 0 radical (unpaired) electrons. The van der Waals surface area contributed by atoms with Gasteiger partial charge in [0.25, 0.3) is 0 Å². The van der Waals surface area contributed by atoms with E-state index in [1.54, 1.807) is 24.1 Å². The number of nitrogens with zero attached hydrogens (tertiary/aromatic N) is 1. The monoisotopic (exact) mass is 326 g/mol. The lowest BCUT2D eigenvalue weighted by Crippen LogP contribution is -2.42. The summed E-state index contributed by atoms with van der Waals surface area (Å²) < 4.78 is 0. The van der Waals surface area contributed by atoms with E-state index in [9.17, 15) is 9.59 Å². The Labute approximate surface area is 141 Å². The quantitative estimate of drug-likeness (QED) is 0.707. The first kappa shape index (κ1) is 17.3. The minimum Gasteiger partial charge on any atom is -0.399 e. The maximum atomic E-state index is 12.0. The molecule has 0 saturated carbocycles. The summed E-state index contributed by atoms with van der Waals surface area (Å²) in [5.41, 5.74) is 8.26. The van der Waals surface area contributed by atoms with Crippen molar-refractivity contribution in [2.24, 2.45) is 0 Å². The minimum atomic E-state index is -0.381. The molecule has 4 N–H and O–H groups in total. The van der Waals surface area contributed by atoms with Crippen molar-refractivity contribution in [1.82, 2.24) is 15.5 Å². The van der Waals surface area contributed by atoms with Crippen LogP contribution in [0.5, 0.6) is 0 Å². The smallest absolute Gasteiger partial charge is 0.315 e.